The predicted octanol–water partition coefficient (Wildman–Crippen LogP) is 0.482. The maximum Gasteiger partial charge on any atom is 0.332 e. The Morgan fingerprint density at radius 2 is 2.54 bits per heavy atom. The number of nitrogens with zero attached hydrogens (tertiary/aromatic N) is 1. The number of hydrogen-bond donors (Lipinski definition) is 0. The molecule has 0 unspecified atom stereocenters. The normalized spacial score (nSPS) is 41.8. The quantitative estimate of drug-likeness (QED) is 0.504. The predicted molar refractivity (Wildman–Crippen MR) is 47.1 cm³/mol. The molecule has 3 aliphatic rings. The Balaban J connectivity index is 2.10. The van der Waals surface area contributed by atoms with Crippen LogP contribution in [0.5, 0.6) is 0 Å². The number of likely N-dealkylation sites (N-methyl/N-ethyl adjacent to an activating group) is 1. The molecule has 0 saturated carbocycles. The van der Waals surface area contributed by atoms with Gasteiger partial charge in [-0.1, -0.05) is 12.2 Å². The van der Waals surface area contributed by atoms with Gasteiger partial charge in [-0.05, 0) is 7.05 Å². The Hall–Kier alpha value is -1.09. The van der Waals surface area contributed by atoms with E-state index in [2.05, 4.69) is 18.0 Å². The average Bonchev–Trinajstić information content (AvgIpc) is 2.50. The summed E-state index contributed by atoms with van der Waals surface area (Å²) in [6.07, 6.45) is 6.73. The van der Waals surface area contributed by atoms with Gasteiger partial charge < -0.3 is 4.74 Å². The van der Waals surface area contributed by atoms with Gasteiger partial charge in [-0.2, -0.15) is 0 Å². The number of likely N-dealkylation sites (tertiary alicyclic amines) is 1. The molecular weight excluding hydrogens is 166 g/mol. The summed E-state index contributed by atoms with van der Waals surface area (Å²) in [7, 11) is 2.07. The van der Waals surface area contributed by atoms with E-state index in [0.717, 1.165) is 18.5 Å². The van der Waals surface area contributed by atoms with Crippen molar-refractivity contribution in [1.82, 2.24) is 4.90 Å². The standard InChI is InChI=1S/C10H11NO2/c1-11-6-10-5-8(11)3-2-7(10)4-9(12)13-10/h2-4,8H,5-6H2,1H3/t8-,10-/m1/s1. The monoisotopic (exact) mass is 177 g/mol. The molecule has 2 bridgehead atoms. The minimum atomic E-state index is -0.300. The number of esters is 1. The summed E-state index contributed by atoms with van der Waals surface area (Å²) < 4.78 is 5.39. The van der Waals surface area contributed by atoms with Crippen molar-refractivity contribution in [1.29, 1.82) is 0 Å². The Morgan fingerprint density at radius 1 is 1.69 bits per heavy atom. The minimum absolute atomic E-state index is 0.185. The largest absolute Gasteiger partial charge is 0.450 e. The molecule has 1 saturated heterocycles. The number of carbonyl (C=O) groups is 1. The zero-order chi connectivity index (χ0) is 9.05. The molecule has 0 aromatic carbocycles. The Morgan fingerprint density at radius 3 is 3.38 bits per heavy atom. The van der Waals surface area contributed by atoms with Gasteiger partial charge >= 0.3 is 5.97 Å². The summed E-state index contributed by atoms with van der Waals surface area (Å²) >= 11 is 0. The smallest absolute Gasteiger partial charge is 0.332 e. The fourth-order valence-corrected chi connectivity index (χ4v) is 2.53. The van der Waals surface area contributed by atoms with Crippen LogP contribution in [0.15, 0.2) is 23.8 Å². The van der Waals surface area contributed by atoms with Gasteiger partial charge in [0.2, 0.25) is 0 Å². The molecule has 0 amide bonds. The summed E-state index contributed by atoms with van der Waals surface area (Å²) in [5.74, 6) is -0.185. The molecule has 2 atom stereocenters. The highest BCUT2D eigenvalue weighted by Gasteiger charge is 2.51. The SMILES string of the molecule is CN1C[C@]23C[C@H]1C=CC2=CC(=O)O3. The second-order valence-electron chi connectivity index (χ2n) is 4.06. The third kappa shape index (κ3) is 0.800. The highest BCUT2D eigenvalue weighted by atomic mass is 16.6. The van der Waals surface area contributed by atoms with Crippen LogP contribution in [-0.4, -0.2) is 36.1 Å². The van der Waals surface area contributed by atoms with E-state index >= 15 is 0 Å². The van der Waals surface area contributed by atoms with E-state index in [1.165, 1.54) is 0 Å². The fourth-order valence-electron chi connectivity index (χ4n) is 2.53. The lowest BCUT2D eigenvalue weighted by atomic mass is 9.87. The molecule has 68 valence electrons. The van der Waals surface area contributed by atoms with Crippen LogP contribution < -0.4 is 0 Å². The number of carbonyl (C=O) groups excluding carboxylic acids is 1. The van der Waals surface area contributed by atoms with Crippen molar-refractivity contribution in [2.45, 2.75) is 18.1 Å². The third-order valence-electron chi connectivity index (χ3n) is 3.20. The van der Waals surface area contributed by atoms with Crippen molar-refractivity contribution >= 4 is 5.97 Å². The molecule has 2 heterocycles. The molecule has 0 N–H and O–H groups in total. The average molecular weight is 177 g/mol. The zero-order valence-corrected chi connectivity index (χ0v) is 7.49. The van der Waals surface area contributed by atoms with Gasteiger partial charge in [0.15, 0.2) is 5.60 Å². The summed E-state index contributed by atoms with van der Waals surface area (Å²) in [5.41, 5.74) is 0.753. The molecule has 1 spiro atoms. The van der Waals surface area contributed by atoms with E-state index in [4.69, 9.17) is 4.74 Å². The number of hydrogen-bond acceptors (Lipinski definition) is 3. The van der Waals surface area contributed by atoms with E-state index in [9.17, 15) is 4.79 Å². The number of ether oxygens (including phenoxy) is 1. The van der Waals surface area contributed by atoms with Crippen LogP contribution in [0.3, 0.4) is 0 Å². The Labute approximate surface area is 76.7 Å². The number of fused-ring (bicyclic) bond motifs is 1. The van der Waals surface area contributed by atoms with Crippen LogP contribution in [0.1, 0.15) is 6.42 Å². The van der Waals surface area contributed by atoms with Gasteiger partial charge in [0.05, 0.1) is 0 Å². The Kier molecular flexibility index (Phi) is 1.15. The lowest BCUT2D eigenvalue weighted by Gasteiger charge is -2.25. The van der Waals surface area contributed by atoms with Crippen LogP contribution in [0.2, 0.25) is 0 Å². The molecule has 0 aromatic rings. The first kappa shape index (κ1) is 7.33. The van der Waals surface area contributed by atoms with E-state index in [-0.39, 0.29) is 11.6 Å². The van der Waals surface area contributed by atoms with E-state index < -0.39 is 0 Å². The summed E-state index contributed by atoms with van der Waals surface area (Å²) in [4.78, 5) is 13.4. The first-order valence-corrected chi connectivity index (χ1v) is 4.53. The maximum absolute atomic E-state index is 11.1. The van der Waals surface area contributed by atoms with Crippen LogP contribution in [0, 0.1) is 0 Å². The third-order valence-corrected chi connectivity index (χ3v) is 3.20. The van der Waals surface area contributed by atoms with Crippen molar-refractivity contribution in [3.63, 3.8) is 0 Å². The maximum atomic E-state index is 11.1. The minimum Gasteiger partial charge on any atom is -0.450 e. The molecule has 0 aromatic heterocycles. The molecule has 3 nitrogen and oxygen atoms in total. The first-order chi connectivity index (χ1) is 6.20. The molecular formula is C10H11NO2. The van der Waals surface area contributed by atoms with E-state index in [0.29, 0.717) is 6.04 Å². The summed E-state index contributed by atoms with van der Waals surface area (Å²) in [5, 5.41) is 0. The molecule has 1 fully saturated rings. The molecule has 2 aliphatic heterocycles. The van der Waals surface area contributed by atoms with Crippen molar-refractivity contribution in [3.8, 4) is 0 Å². The van der Waals surface area contributed by atoms with Crippen LogP contribution in [-0.2, 0) is 9.53 Å². The number of rotatable bonds is 0. The van der Waals surface area contributed by atoms with Crippen LogP contribution in [0.25, 0.3) is 0 Å². The van der Waals surface area contributed by atoms with Gasteiger partial charge in [-0.15, -0.1) is 0 Å². The highest BCUT2D eigenvalue weighted by Crippen LogP contribution is 2.43. The molecule has 3 heteroatoms. The lowest BCUT2D eigenvalue weighted by molar-refractivity contribution is -0.145. The molecule has 3 rings (SSSR count). The highest BCUT2D eigenvalue weighted by molar-refractivity contribution is 5.88. The van der Waals surface area contributed by atoms with Gasteiger partial charge in [0.25, 0.3) is 0 Å². The van der Waals surface area contributed by atoms with Crippen molar-refractivity contribution < 1.29 is 9.53 Å². The van der Waals surface area contributed by atoms with Crippen LogP contribution in [0.4, 0.5) is 0 Å². The second kappa shape index (κ2) is 2.04. The summed E-state index contributed by atoms with van der Waals surface area (Å²) in [6, 6.07) is 0.447. The van der Waals surface area contributed by atoms with Gasteiger partial charge in [-0.25, -0.2) is 4.79 Å². The van der Waals surface area contributed by atoms with Crippen molar-refractivity contribution in [2.24, 2.45) is 0 Å². The lowest BCUT2D eigenvalue weighted by Crippen LogP contribution is -2.34. The topological polar surface area (TPSA) is 29.5 Å². The molecule has 1 aliphatic carbocycles. The van der Waals surface area contributed by atoms with Crippen LogP contribution >= 0.6 is 0 Å². The van der Waals surface area contributed by atoms with Crippen molar-refractivity contribution in [2.75, 3.05) is 13.6 Å². The van der Waals surface area contributed by atoms with E-state index in [1.54, 1.807) is 6.08 Å². The first-order valence-electron chi connectivity index (χ1n) is 4.53. The fraction of sp³-hybridized carbons (Fsp3) is 0.500. The molecule has 13 heavy (non-hydrogen) atoms. The summed E-state index contributed by atoms with van der Waals surface area (Å²) in [6.45, 7) is 0.836. The van der Waals surface area contributed by atoms with Gasteiger partial charge in [0.1, 0.15) is 0 Å². The van der Waals surface area contributed by atoms with E-state index in [1.807, 2.05) is 6.08 Å². The van der Waals surface area contributed by atoms with Gasteiger partial charge in [0, 0.05) is 30.7 Å². The van der Waals surface area contributed by atoms with Gasteiger partial charge in [-0.3, -0.25) is 4.90 Å². The zero-order valence-electron chi connectivity index (χ0n) is 7.49. The Bertz CT molecular complexity index is 345. The van der Waals surface area contributed by atoms with Crippen molar-refractivity contribution in [3.05, 3.63) is 23.8 Å². The molecule has 0 radical (unpaired) electrons. The second-order valence-corrected chi connectivity index (χ2v) is 4.06.